The third kappa shape index (κ3) is 8.38. The summed E-state index contributed by atoms with van der Waals surface area (Å²) in [6.45, 7) is 28.1. The zero-order chi connectivity index (χ0) is 60.9. The summed E-state index contributed by atoms with van der Waals surface area (Å²) in [5.74, 6) is 0. The maximum atomic E-state index is 2.64. The van der Waals surface area contributed by atoms with Crippen LogP contribution in [0.5, 0.6) is 0 Å². The van der Waals surface area contributed by atoms with Crippen LogP contribution >= 0.6 is 0 Å². The Morgan fingerprint density at radius 2 is 0.500 bits per heavy atom. The van der Waals surface area contributed by atoms with Crippen molar-refractivity contribution in [3.05, 3.63) is 322 Å². The van der Waals surface area contributed by atoms with Crippen molar-refractivity contribution in [3.8, 4) is 44.5 Å². The van der Waals surface area contributed by atoms with E-state index >= 15 is 0 Å². The molecule has 0 heterocycles. The van der Waals surface area contributed by atoms with Crippen LogP contribution in [0.1, 0.15) is 150 Å². The predicted octanol–water partition coefficient (Wildman–Crippen LogP) is 23.5. The molecule has 0 heteroatoms. The van der Waals surface area contributed by atoms with E-state index in [0.717, 1.165) is 0 Å². The second-order valence-electron chi connectivity index (χ2n) is 29.6. The Bertz CT molecular complexity index is 4510. The zero-order valence-corrected chi connectivity index (χ0v) is 53.2. The van der Waals surface area contributed by atoms with Crippen LogP contribution in [0.4, 0.5) is 0 Å². The van der Waals surface area contributed by atoms with Gasteiger partial charge in [-0.15, -0.1) is 0 Å². The molecule has 0 saturated carbocycles. The van der Waals surface area contributed by atoms with Crippen LogP contribution in [0.15, 0.2) is 255 Å². The smallest absolute Gasteiger partial charge is 0.0616 e. The Kier molecular flexibility index (Phi) is 12.4. The van der Waals surface area contributed by atoms with Gasteiger partial charge in [0.05, 0.1) is 10.8 Å². The van der Waals surface area contributed by atoms with Crippen LogP contribution in [-0.2, 0) is 32.5 Å². The second-order valence-corrected chi connectivity index (χ2v) is 29.6. The van der Waals surface area contributed by atoms with E-state index in [1.54, 1.807) is 0 Å². The Morgan fingerprint density at radius 3 is 0.795 bits per heavy atom. The van der Waals surface area contributed by atoms with Gasteiger partial charge < -0.3 is 0 Å². The first kappa shape index (κ1) is 55.5. The van der Waals surface area contributed by atoms with Gasteiger partial charge in [-0.05, 0) is 200 Å². The van der Waals surface area contributed by atoms with Gasteiger partial charge in [0, 0.05) is 0 Å². The van der Waals surface area contributed by atoms with Gasteiger partial charge in [0.25, 0.3) is 0 Å². The molecule has 2 aliphatic rings. The fraction of sp³-hybridized carbons (Fsp3) is 0.205. The Hall–Kier alpha value is -9.10. The molecule has 2 aliphatic carbocycles. The van der Waals surface area contributed by atoms with Crippen LogP contribution in [0.2, 0.25) is 0 Å². The molecule has 88 heavy (non-hydrogen) atoms. The average molecular weight is 1140 g/mol. The van der Waals surface area contributed by atoms with Crippen molar-refractivity contribution in [3.63, 3.8) is 0 Å². The van der Waals surface area contributed by atoms with Crippen molar-refractivity contribution in [1.29, 1.82) is 0 Å². The standard InChI is InChI=1S/C88H78/c1-83(2,3)61-33-41-65(42-34-61)87(66-43-35-62(36-44-66)84(4,5)6)77-53-75(59-31-29-55-21-13-15-23-57(55)51-59)69-25-17-19-27-71(69)79(77)73-49-50-74-80-72-28-20-18-26-70(72)76(60-32-30-56-22-14-16-24-58(56)52-60)54-78(80)88(82(74)81(73)87,67-45-37-63(38-46-67)85(7,8)9)68-47-39-64(40-48-68)86(10,11)12/h13-54H,1-12H3. The molecule has 0 aromatic heterocycles. The van der Waals surface area contributed by atoms with Gasteiger partial charge in [-0.2, -0.15) is 0 Å². The quantitative estimate of drug-likeness (QED) is 0.156. The minimum absolute atomic E-state index is 0.0642. The van der Waals surface area contributed by atoms with Gasteiger partial charge in [-0.25, -0.2) is 0 Å². The normalized spacial score (nSPS) is 14.3. The van der Waals surface area contributed by atoms with Crippen molar-refractivity contribution in [2.45, 2.75) is 116 Å². The maximum absolute atomic E-state index is 2.64. The van der Waals surface area contributed by atoms with Crippen molar-refractivity contribution in [2.75, 3.05) is 0 Å². The summed E-state index contributed by atoms with van der Waals surface area (Å²) in [5, 5.41) is 9.98. The predicted molar refractivity (Wildman–Crippen MR) is 377 cm³/mol. The van der Waals surface area contributed by atoms with E-state index in [1.807, 2.05) is 0 Å². The molecule has 0 unspecified atom stereocenters. The number of hydrogen-bond donors (Lipinski definition) is 0. The lowest BCUT2D eigenvalue weighted by Gasteiger charge is -2.41. The SMILES string of the molecule is CC(C)(C)c1ccc(C2(c3ccc(C(C)(C)C)cc3)c3cc(-c4ccc5ccccc5c4)c4ccccc4c3-c3ccc4c(c32)C(c2ccc(C(C)(C)C)cc2)(c2ccc(C(C)(C)C)cc2)c2cc(-c3ccc5ccccc5c3)c3ccccc3c2-4)cc1. The van der Waals surface area contributed by atoms with Gasteiger partial charge in [0.2, 0.25) is 0 Å². The molecule has 0 atom stereocenters. The van der Waals surface area contributed by atoms with Crippen LogP contribution in [0.3, 0.4) is 0 Å². The van der Waals surface area contributed by atoms with E-state index in [1.165, 1.54) is 154 Å². The summed E-state index contributed by atoms with van der Waals surface area (Å²) in [6, 6.07) is 100. The average Bonchev–Trinajstić information content (AvgIpc) is 1.48. The topological polar surface area (TPSA) is 0 Å². The van der Waals surface area contributed by atoms with E-state index in [0.29, 0.717) is 0 Å². The fourth-order valence-electron chi connectivity index (χ4n) is 15.6. The first-order valence-electron chi connectivity index (χ1n) is 31.9. The largest absolute Gasteiger partial charge is 0.0717 e. The third-order valence-corrected chi connectivity index (χ3v) is 20.2. The van der Waals surface area contributed by atoms with E-state index in [9.17, 15) is 0 Å². The molecule has 13 aromatic carbocycles. The third-order valence-electron chi connectivity index (χ3n) is 20.2. The number of fused-ring (bicyclic) bond motifs is 13. The summed E-state index contributed by atoms with van der Waals surface area (Å²) in [5.41, 5.74) is 23.7. The van der Waals surface area contributed by atoms with Crippen LogP contribution in [0.25, 0.3) is 87.6 Å². The lowest BCUT2D eigenvalue weighted by molar-refractivity contribution is 0.587. The molecule has 0 saturated heterocycles. The van der Waals surface area contributed by atoms with E-state index < -0.39 is 10.8 Å². The maximum Gasteiger partial charge on any atom is 0.0717 e. The summed E-state index contributed by atoms with van der Waals surface area (Å²) in [6.07, 6.45) is 0. The number of rotatable bonds is 6. The molecule has 0 nitrogen and oxygen atoms in total. The Labute approximate surface area is 521 Å². The summed E-state index contributed by atoms with van der Waals surface area (Å²) < 4.78 is 0. The second kappa shape index (κ2) is 19.7. The molecule has 15 rings (SSSR count). The van der Waals surface area contributed by atoms with E-state index in [-0.39, 0.29) is 21.7 Å². The lowest BCUT2D eigenvalue weighted by Crippen LogP contribution is -2.36. The Balaban J connectivity index is 1.18. The molecular formula is C88H78. The minimum Gasteiger partial charge on any atom is -0.0616 e. The summed E-state index contributed by atoms with van der Waals surface area (Å²) in [4.78, 5) is 0. The fourth-order valence-corrected chi connectivity index (χ4v) is 15.6. The molecule has 0 aliphatic heterocycles. The zero-order valence-electron chi connectivity index (χ0n) is 53.2. The highest BCUT2D eigenvalue weighted by atomic mass is 14.6. The molecule has 0 fully saturated rings. The summed E-state index contributed by atoms with van der Waals surface area (Å²) in [7, 11) is 0. The molecule has 0 spiro atoms. The highest BCUT2D eigenvalue weighted by Crippen LogP contribution is 2.68. The highest BCUT2D eigenvalue weighted by Gasteiger charge is 2.57. The van der Waals surface area contributed by atoms with Gasteiger partial charge in [0.15, 0.2) is 0 Å². The van der Waals surface area contributed by atoms with Crippen molar-refractivity contribution in [2.24, 2.45) is 0 Å². The molecular weight excluding hydrogens is 1060 g/mol. The minimum atomic E-state index is -0.848. The number of benzene rings is 13. The molecule has 0 amide bonds. The number of hydrogen-bond acceptors (Lipinski definition) is 0. The van der Waals surface area contributed by atoms with Crippen molar-refractivity contribution in [1.82, 2.24) is 0 Å². The van der Waals surface area contributed by atoms with Gasteiger partial charge in [-0.1, -0.05) is 314 Å². The van der Waals surface area contributed by atoms with Crippen LogP contribution in [0, 0.1) is 0 Å². The van der Waals surface area contributed by atoms with E-state index in [2.05, 4.69) is 338 Å². The van der Waals surface area contributed by atoms with Crippen molar-refractivity contribution < 1.29 is 0 Å². The van der Waals surface area contributed by atoms with Crippen LogP contribution < -0.4 is 0 Å². The van der Waals surface area contributed by atoms with Gasteiger partial charge >= 0.3 is 0 Å². The highest BCUT2D eigenvalue weighted by molar-refractivity contribution is 6.15. The monoisotopic (exact) mass is 1130 g/mol. The van der Waals surface area contributed by atoms with Crippen molar-refractivity contribution >= 4 is 43.1 Å². The first-order chi connectivity index (χ1) is 42.1. The van der Waals surface area contributed by atoms with E-state index in [4.69, 9.17) is 0 Å². The summed E-state index contributed by atoms with van der Waals surface area (Å²) >= 11 is 0. The molecule has 0 N–H and O–H groups in total. The first-order valence-corrected chi connectivity index (χ1v) is 31.9. The van der Waals surface area contributed by atoms with Gasteiger partial charge in [0.1, 0.15) is 0 Å². The molecule has 13 aromatic rings. The molecule has 0 radical (unpaired) electrons. The van der Waals surface area contributed by atoms with Crippen LogP contribution in [-0.4, -0.2) is 0 Å². The lowest BCUT2D eigenvalue weighted by atomic mass is 9.59. The Morgan fingerprint density at radius 1 is 0.227 bits per heavy atom. The molecule has 430 valence electrons. The molecule has 0 bridgehead atoms. The van der Waals surface area contributed by atoms with Gasteiger partial charge in [-0.3, -0.25) is 0 Å².